The van der Waals surface area contributed by atoms with E-state index in [-0.39, 0.29) is 1.43 Å². The first-order valence-corrected chi connectivity index (χ1v) is 9.89. The summed E-state index contributed by atoms with van der Waals surface area (Å²) in [5.74, 6) is 1.63. The summed E-state index contributed by atoms with van der Waals surface area (Å²) in [6.07, 6.45) is 2.14. The summed E-state index contributed by atoms with van der Waals surface area (Å²) in [6.45, 7) is 9.84. The van der Waals surface area contributed by atoms with Crippen molar-refractivity contribution in [1.82, 2.24) is 19.9 Å². The highest BCUT2D eigenvalue weighted by molar-refractivity contribution is 14.1. The normalized spacial score (nSPS) is 10.4. The number of aryl methyl sites for hydroxylation is 2. The Hall–Kier alpha value is -0.930. The summed E-state index contributed by atoms with van der Waals surface area (Å²) in [7, 11) is 0. The fourth-order valence-corrected chi connectivity index (χ4v) is 2.63. The van der Waals surface area contributed by atoms with E-state index in [9.17, 15) is 0 Å². The molecular formula is C16H27Cl2IN6. The molecule has 0 radical (unpaired) electrons. The number of hydrogen-bond acceptors (Lipinski definition) is 6. The van der Waals surface area contributed by atoms with Crippen LogP contribution in [0.3, 0.4) is 0 Å². The minimum atomic E-state index is 0. The first kappa shape index (κ1) is 20.4. The number of nitrogens with one attached hydrogen (secondary N) is 2. The molecule has 2 aromatic rings. The van der Waals surface area contributed by atoms with Crippen LogP contribution in [0.25, 0.3) is 0 Å². The summed E-state index contributed by atoms with van der Waals surface area (Å²) in [6, 6.07) is 1.88. The van der Waals surface area contributed by atoms with Gasteiger partial charge < -0.3 is 10.6 Å². The summed E-state index contributed by atoms with van der Waals surface area (Å²) >= 11 is 13.6. The molecule has 0 aromatic carbocycles. The second-order valence-corrected chi connectivity index (χ2v) is 7.01. The molecule has 6 nitrogen and oxygen atoms in total. The molecular weight excluding hydrogens is 474 g/mol. The molecule has 0 bridgehead atoms. The Kier molecular flexibility index (Phi) is 9.49. The number of anilines is 2. The number of halogens is 3. The molecule has 0 aliphatic rings. The summed E-state index contributed by atoms with van der Waals surface area (Å²) < 4.78 is 11.0. The molecule has 0 saturated heterocycles. The van der Waals surface area contributed by atoms with Gasteiger partial charge in [0, 0.05) is 29.2 Å². The van der Waals surface area contributed by atoms with Crippen LogP contribution in [-0.4, -0.2) is 33.0 Å². The van der Waals surface area contributed by atoms with Crippen LogP contribution >= 0.6 is 45.8 Å². The van der Waals surface area contributed by atoms with Crippen LogP contribution in [0.2, 0.25) is 10.6 Å². The van der Waals surface area contributed by atoms with E-state index in [0.29, 0.717) is 10.6 Å². The monoisotopic (exact) mass is 506 g/mol. The van der Waals surface area contributed by atoms with E-state index in [2.05, 4.69) is 67.0 Å². The molecule has 2 heterocycles. The average Bonchev–Trinajstić information content (AvgIpc) is 2.63. The van der Waals surface area contributed by atoms with Crippen molar-refractivity contribution in [2.75, 3.05) is 23.7 Å². The van der Waals surface area contributed by atoms with Crippen molar-refractivity contribution in [3.8, 4) is 0 Å². The molecule has 2 aromatic heterocycles. The van der Waals surface area contributed by atoms with E-state index >= 15 is 0 Å². The van der Waals surface area contributed by atoms with E-state index in [1.165, 1.54) is 0 Å². The largest absolute Gasteiger partial charge is 0.370 e. The van der Waals surface area contributed by atoms with Gasteiger partial charge in [-0.1, -0.05) is 13.8 Å². The quantitative estimate of drug-likeness (QED) is 0.391. The lowest BCUT2D eigenvalue weighted by Gasteiger charge is -2.07. The average molecular weight is 507 g/mol. The van der Waals surface area contributed by atoms with Crippen LogP contribution in [0, 0.1) is 17.4 Å². The van der Waals surface area contributed by atoms with Gasteiger partial charge in [-0.05, 0) is 72.5 Å². The third-order valence-electron chi connectivity index (χ3n) is 2.92. The zero-order valence-corrected chi connectivity index (χ0v) is 18.5. The molecule has 0 saturated carbocycles. The second kappa shape index (κ2) is 11.6. The maximum atomic E-state index is 5.74. The fraction of sp³-hybridized carbons (Fsp3) is 0.500. The Morgan fingerprint density at radius 3 is 2.20 bits per heavy atom. The molecule has 0 spiro atoms. The van der Waals surface area contributed by atoms with Crippen molar-refractivity contribution in [2.24, 2.45) is 0 Å². The van der Waals surface area contributed by atoms with Crippen LogP contribution < -0.4 is 10.6 Å². The lowest BCUT2D eigenvalue weighted by atomic mass is 10.4. The lowest BCUT2D eigenvalue weighted by Crippen LogP contribution is -2.06. The number of nitrogens with zero attached hydrogens (tertiary/aromatic N) is 4. The van der Waals surface area contributed by atoms with Crippen molar-refractivity contribution >= 4 is 57.4 Å². The van der Waals surface area contributed by atoms with Gasteiger partial charge in [0.25, 0.3) is 0 Å². The molecule has 0 amide bonds. The summed E-state index contributed by atoms with van der Waals surface area (Å²) in [5, 5.41) is 6.94. The van der Waals surface area contributed by atoms with Gasteiger partial charge in [0.2, 0.25) is 10.6 Å². The van der Waals surface area contributed by atoms with Crippen molar-refractivity contribution < 1.29 is 4.40 Å². The van der Waals surface area contributed by atoms with Crippen molar-refractivity contribution in [3.05, 3.63) is 31.6 Å². The van der Waals surface area contributed by atoms with Gasteiger partial charge in [-0.2, -0.15) is 4.98 Å². The first-order chi connectivity index (χ1) is 12.9. The highest BCUT2D eigenvalue weighted by atomic mass is 127. The minimum Gasteiger partial charge on any atom is -0.370 e. The smallest absolute Gasteiger partial charge is 0.224 e. The van der Waals surface area contributed by atoms with E-state index in [1.807, 2.05) is 19.9 Å². The molecule has 0 fully saturated rings. The lowest BCUT2D eigenvalue weighted by molar-refractivity contribution is 0.956. The topological polar surface area (TPSA) is 75.6 Å². The molecule has 142 valence electrons. The maximum absolute atomic E-state index is 5.74. The molecule has 0 unspecified atom stereocenters. The molecule has 0 aliphatic heterocycles. The van der Waals surface area contributed by atoms with Gasteiger partial charge in [0.15, 0.2) is 0 Å². The van der Waals surface area contributed by atoms with Gasteiger partial charge >= 0.3 is 0 Å². The van der Waals surface area contributed by atoms with Crippen LogP contribution in [0.15, 0.2) is 6.07 Å². The van der Waals surface area contributed by atoms with Gasteiger partial charge in [-0.3, -0.25) is 0 Å². The van der Waals surface area contributed by atoms with E-state index in [0.717, 1.165) is 52.5 Å². The SMILES string of the molecule is CCCNc1cc(C)nc(Cl)n1.CCCNc1nc(Cl)nc(C)c1I.[3HH].[3H][3H]. The molecule has 0 atom stereocenters. The van der Waals surface area contributed by atoms with E-state index in [1.54, 1.807) is 0 Å². The molecule has 2 N–H and O–H groups in total. The first-order valence-electron chi connectivity index (χ1n) is 9.05. The van der Waals surface area contributed by atoms with E-state index in [4.69, 9.17) is 26.2 Å². The Morgan fingerprint density at radius 1 is 1.00 bits per heavy atom. The van der Waals surface area contributed by atoms with Crippen molar-refractivity contribution in [3.63, 3.8) is 0 Å². The van der Waals surface area contributed by atoms with Gasteiger partial charge in [-0.25, -0.2) is 15.0 Å². The Morgan fingerprint density at radius 2 is 1.60 bits per heavy atom. The van der Waals surface area contributed by atoms with Crippen molar-refractivity contribution in [1.29, 1.82) is 0 Å². The second-order valence-electron chi connectivity index (χ2n) is 5.26. The van der Waals surface area contributed by atoms with Crippen molar-refractivity contribution in [2.45, 2.75) is 40.5 Å². The molecule has 9 heteroatoms. The van der Waals surface area contributed by atoms with Crippen LogP contribution in [-0.2, 0) is 0 Å². The molecule has 2 rings (SSSR count). The standard InChI is InChI=1S/C8H11ClIN3.C8H12ClN3.2H2/c1-3-4-11-7-6(10)5(2)12-8(9)13-7;1-3-4-10-7-5-6(2)11-8(9)12-7;;/h3-4H2,1-2H3,(H,11,12,13);5H,3-4H2,1-2H3,(H,10,11,12);2*1H/i;;1+2T;1+2. The highest BCUT2D eigenvalue weighted by Gasteiger charge is 2.06. The van der Waals surface area contributed by atoms with E-state index < -0.39 is 0 Å². The highest BCUT2D eigenvalue weighted by Crippen LogP contribution is 2.20. The Labute approximate surface area is 177 Å². The Bertz CT molecular complexity index is 677. The minimum absolute atomic E-state index is 0. The molecule has 0 aliphatic carbocycles. The zero-order chi connectivity index (χ0) is 20.8. The van der Waals surface area contributed by atoms with Crippen LogP contribution in [0.5, 0.6) is 0 Å². The number of aromatic nitrogens is 4. The van der Waals surface area contributed by atoms with Crippen LogP contribution in [0.4, 0.5) is 11.6 Å². The third-order valence-corrected chi connectivity index (χ3v) is 4.54. The number of hydrogen-bond donors (Lipinski definition) is 2. The predicted octanol–water partition coefficient (Wildman–Crippen LogP) is 5.62. The number of rotatable bonds is 6. The predicted molar refractivity (Wildman–Crippen MR) is 118 cm³/mol. The van der Waals surface area contributed by atoms with Gasteiger partial charge in [0.05, 0.1) is 9.26 Å². The zero-order valence-electron chi connectivity index (χ0n) is 16.8. The van der Waals surface area contributed by atoms with Crippen LogP contribution in [0.1, 0.15) is 42.5 Å². The summed E-state index contributed by atoms with van der Waals surface area (Å²) in [5.41, 5.74) is 1.80. The Balaban J connectivity index is 0. The summed E-state index contributed by atoms with van der Waals surface area (Å²) in [4.78, 5) is 16.1. The van der Waals surface area contributed by atoms with Gasteiger partial charge in [0.1, 0.15) is 11.6 Å². The fourth-order valence-electron chi connectivity index (χ4n) is 1.76. The maximum Gasteiger partial charge on any atom is 0.224 e. The third kappa shape index (κ3) is 8.33. The van der Waals surface area contributed by atoms with Gasteiger partial charge in [-0.15, -0.1) is 0 Å². The molecule has 25 heavy (non-hydrogen) atoms.